The van der Waals surface area contributed by atoms with Gasteiger partial charge in [-0.15, -0.1) is 0 Å². The molecule has 0 bridgehead atoms. The summed E-state index contributed by atoms with van der Waals surface area (Å²) in [4.78, 5) is 10.2. The summed E-state index contributed by atoms with van der Waals surface area (Å²) in [7, 11) is -3.45. The summed E-state index contributed by atoms with van der Waals surface area (Å²) in [5, 5.41) is 10.7. The molecule has 0 amide bonds. The third kappa shape index (κ3) is 15.0. The minimum absolute atomic E-state index is 0.0399. The zero-order valence-corrected chi connectivity index (χ0v) is 20.0. The fraction of sp³-hybridized carbons (Fsp3) is 0.700. The molecule has 1 aromatic carbocycles. The molecule has 0 aliphatic heterocycles. The van der Waals surface area contributed by atoms with Crippen molar-refractivity contribution >= 4 is 13.3 Å². The van der Waals surface area contributed by atoms with Gasteiger partial charge in [0, 0.05) is 18.7 Å². The molecule has 0 spiro atoms. The van der Waals surface area contributed by atoms with Crippen molar-refractivity contribution < 1.29 is 42.2 Å². The predicted octanol–water partition coefficient (Wildman–Crippen LogP) is 2.24. The first-order valence-electron chi connectivity index (χ1n) is 10.8. The zero-order valence-electron chi connectivity index (χ0n) is 19.1. The van der Waals surface area contributed by atoms with Crippen molar-refractivity contribution in [3.63, 3.8) is 0 Å². The van der Waals surface area contributed by atoms with Crippen LogP contribution in [0.25, 0.3) is 0 Å². The van der Waals surface area contributed by atoms with Crippen molar-refractivity contribution in [3.05, 3.63) is 34.4 Å². The normalized spacial score (nSPS) is 13.0. The van der Waals surface area contributed by atoms with Crippen LogP contribution >= 0.6 is 7.60 Å². The van der Waals surface area contributed by atoms with Crippen LogP contribution in [0.5, 0.6) is 5.75 Å². The number of nitro groups is 1. The van der Waals surface area contributed by atoms with E-state index in [1.807, 2.05) is 0 Å². The van der Waals surface area contributed by atoms with Gasteiger partial charge in [-0.2, -0.15) is 0 Å². The lowest BCUT2D eigenvalue weighted by atomic mass is 10.3. The number of non-ortho nitro benzene ring substituents is 1. The average molecular weight is 494 g/mol. The molecule has 12 nitrogen and oxygen atoms in total. The molecule has 2 N–H and O–H groups in total. The first kappa shape index (κ1) is 29.4. The molecule has 0 aliphatic carbocycles. The van der Waals surface area contributed by atoms with Gasteiger partial charge in [0.2, 0.25) is 0 Å². The molecule has 0 aromatic heterocycles. The van der Waals surface area contributed by atoms with E-state index in [9.17, 15) is 14.7 Å². The van der Waals surface area contributed by atoms with Crippen LogP contribution in [0.3, 0.4) is 0 Å². The molecule has 0 aliphatic rings. The second-order valence-electron chi connectivity index (χ2n) is 6.45. The van der Waals surface area contributed by atoms with E-state index in [1.54, 1.807) is 6.92 Å². The van der Waals surface area contributed by atoms with E-state index in [4.69, 9.17) is 38.5 Å². The van der Waals surface area contributed by atoms with Gasteiger partial charge < -0.3 is 38.5 Å². The molecular formula is C20H35N2O10P. The van der Waals surface area contributed by atoms with Crippen molar-refractivity contribution in [1.82, 2.24) is 0 Å². The molecule has 1 unspecified atom stereocenters. The molecule has 33 heavy (non-hydrogen) atoms. The number of nitro benzene ring substituents is 1. The highest BCUT2D eigenvalue weighted by Gasteiger charge is 2.25. The number of rotatable bonds is 22. The van der Waals surface area contributed by atoms with Crippen LogP contribution in [0.1, 0.15) is 6.92 Å². The van der Waals surface area contributed by atoms with Gasteiger partial charge in [0.15, 0.2) is 0 Å². The Kier molecular flexibility index (Phi) is 16.7. The Labute approximate surface area is 194 Å². The zero-order chi connectivity index (χ0) is 24.2. The summed E-state index contributed by atoms with van der Waals surface area (Å²) < 4.78 is 50.3. The summed E-state index contributed by atoms with van der Waals surface area (Å²) in [5.74, 6) is 0.228. The Morgan fingerprint density at radius 2 is 1.27 bits per heavy atom. The molecule has 0 saturated carbocycles. The summed E-state index contributed by atoms with van der Waals surface area (Å²) >= 11 is 0. The van der Waals surface area contributed by atoms with Crippen molar-refractivity contribution in [2.24, 2.45) is 5.73 Å². The van der Waals surface area contributed by atoms with Crippen LogP contribution in [0.4, 0.5) is 5.69 Å². The fourth-order valence-electron chi connectivity index (χ4n) is 2.36. The van der Waals surface area contributed by atoms with E-state index >= 15 is 0 Å². The minimum Gasteiger partial charge on any atom is -0.424 e. The highest BCUT2D eigenvalue weighted by atomic mass is 31.2. The maximum Gasteiger partial charge on any atom is 0.381 e. The molecular weight excluding hydrogens is 459 g/mol. The van der Waals surface area contributed by atoms with Gasteiger partial charge in [-0.1, -0.05) is 0 Å². The van der Waals surface area contributed by atoms with Gasteiger partial charge in [0.25, 0.3) is 5.69 Å². The van der Waals surface area contributed by atoms with Gasteiger partial charge >= 0.3 is 7.60 Å². The lowest BCUT2D eigenvalue weighted by Gasteiger charge is -2.18. The first-order chi connectivity index (χ1) is 16.0. The fourth-order valence-corrected chi connectivity index (χ4v) is 3.83. The Morgan fingerprint density at radius 1 is 0.818 bits per heavy atom. The van der Waals surface area contributed by atoms with Crippen LogP contribution in [-0.4, -0.2) is 90.3 Å². The Bertz CT molecular complexity index is 677. The average Bonchev–Trinajstić information content (AvgIpc) is 2.79. The van der Waals surface area contributed by atoms with Crippen molar-refractivity contribution in [1.29, 1.82) is 0 Å². The molecule has 0 saturated heterocycles. The summed E-state index contributed by atoms with van der Waals surface area (Å²) in [6, 6.07) is 5.31. The number of nitrogens with zero attached hydrogens (tertiary/aromatic N) is 1. The molecule has 1 rings (SSSR count). The third-order valence-corrected chi connectivity index (χ3v) is 5.75. The molecule has 1 atom stereocenters. The number of benzene rings is 1. The van der Waals surface area contributed by atoms with E-state index in [2.05, 4.69) is 0 Å². The second kappa shape index (κ2) is 18.8. The quantitative estimate of drug-likeness (QED) is 0.109. The lowest BCUT2D eigenvalue weighted by Crippen LogP contribution is -2.15. The van der Waals surface area contributed by atoms with Crippen LogP contribution in [0.2, 0.25) is 0 Å². The van der Waals surface area contributed by atoms with Gasteiger partial charge in [-0.25, -0.2) is 4.57 Å². The van der Waals surface area contributed by atoms with Crippen LogP contribution in [0.15, 0.2) is 24.3 Å². The minimum atomic E-state index is -3.45. The Hall–Kier alpha value is -1.63. The van der Waals surface area contributed by atoms with E-state index in [0.717, 1.165) is 0 Å². The topological polar surface area (TPSA) is 151 Å². The van der Waals surface area contributed by atoms with Gasteiger partial charge in [0.1, 0.15) is 5.75 Å². The van der Waals surface area contributed by atoms with Crippen molar-refractivity contribution in [2.75, 3.05) is 85.4 Å². The van der Waals surface area contributed by atoms with Gasteiger partial charge in [-0.05, 0) is 19.1 Å². The second-order valence-corrected chi connectivity index (χ2v) is 8.55. The van der Waals surface area contributed by atoms with Crippen molar-refractivity contribution in [3.8, 4) is 5.75 Å². The molecule has 190 valence electrons. The molecule has 0 heterocycles. The molecule has 0 fully saturated rings. The van der Waals surface area contributed by atoms with Crippen LogP contribution < -0.4 is 10.3 Å². The monoisotopic (exact) mass is 494 g/mol. The summed E-state index contributed by atoms with van der Waals surface area (Å²) in [5.41, 5.74) is 5.22. The Balaban J connectivity index is 2.06. The molecule has 13 heteroatoms. The molecule has 1 aromatic rings. The van der Waals surface area contributed by atoms with E-state index in [0.29, 0.717) is 66.0 Å². The summed E-state index contributed by atoms with van der Waals surface area (Å²) in [6.07, 6.45) is 0.0399. The van der Waals surface area contributed by atoms with Gasteiger partial charge in [0.05, 0.1) is 83.8 Å². The number of hydrogen-bond donors (Lipinski definition) is 1. The van der Waals surface area contributed by atoms with Gasteiger partial charge in [-0.3, -0.25) is 10.1 Å². The van der Waals surface area contributed by atoms with Crippen LogP contribution in [0, 0.1) is 10.1 Å². The number of nitrogens with two attached hydrogens (primary N) is 1. The maximum absolute atomic E-state index is 12.8. The standard InChI is InChI=1S/C20H35N2O10P/c1-2-31-33(25,32-20-5-3-19(4-6-20)22(23)24)18-17-30-16-15-29-14-13-28-12-11-27-10-9-26-8-7-21/h3-6H,2,7-18,21H2,1H3. The SMILES string of the molecule is CCOP(=O)(CCOCCOCCOCCOCCOCCN)Oc1ccc([N+](=O)[O-])cc1. The maximum atomic E-state index is 12.8. The predicted molar refractivity (Wildman–Crippen MR) is 121 cm³/mol. The summed E-state index contributed by atoms with van der Waals surface area (Å²) in [6.45, 7) is 6.59. The third-order valence-electron chi connectivity index (χ3n) is 3.88. The molecule has 0 radical (unpaired) electrons. The van der Waals surface area contributed by atoms with E-state index in [1.165, 1.54) is 24.3 Å². The highest BCUT2D eigenvalue weighted by Crippen LogP contribution is 2.48. The smallest absolute Gasteiger partial charge is 0.381 e. The Morgan fingerprint density at radius 3 is 1.70 bits per heavy atom. The number of ether oxygens (including phenoxy) is 5. The van der Waals surface area contributed by atoms with E-state index < -0.39 is 12.5 Å². The number of hydrogen-bond acceptors (Lipinski definition) is 11. The lowest BCUT2D eigenvalue weighted by molar-refractivity contribution is -0.384. The first-order valence-corrected chi connectivity index (χ1v) is 12.5. The van der Waals surface area contributed by atoms with Crippen LogP contribution in [-0.2, 0) is 32.8 Å². The van der Waals surface area contributed by atoms with E-state index in [-0.39, 0.29) is 30.8 Å². The van der Waals surface area contributed by atoms with Crippen molar-refractivity contribution in [2.45, 2.75) is 6.92 Å². The largest absolute Gasteiger partial charge is 0.424 e. The highest BCUT2D eigenvalue weighted by molar-refractivity contribution is 7.54.